The highest BCUT2D eigenvalue weighted by atomic mass is 35.5. The van der Waals surface area contributed by atoms with E-state index in [2.05, 4.69) is 46.7 Å². The molecule has 4 N–H and O–H groups in total. The Morgan fingerprint density at radius 1 is 0.976 bits per heavy atom. The van der Waals surface area contributed by atoms with E-state index in [0.717, 1.165) is 78.2 Å². The average Bonchev–Trinajstić information content (AvgIpc) is 3.53. The monoisotopic (exact) mass is 602 g/mol. The van der Waals surface area contributed by atoms with Crippen molar-refractivity contribution in [3.8, 4) is 0 Å². The summed E-state index contributed by atoms with van der Waals surface area (Å²) in [6.07, 6.45) is 10.3. The number of aromatic nitrogens is 1. The summed E-state index contributed by atoms with van der Waals surface area (Å²) < 4.78 is 0. The fourth-order valence-electron chi connectivity index (χ4n) is 9.00. The second kappa shape index (κ2) is 11.8. The van der Waals surface area contributed by atoms with Crippen molar-refractivity contribution < 1.29 is 9.59 Å². The number of anilines is 2. The number of halogens is 2. The first-order valence-corrected chi connectivity index (χ1v) is 15.1. The van der Waals surface area contributed by atoms with Gasteiger partial charge in [-0.2, -0.15) is 0 Å². The van der Waals surface area contributed by atoms with Crippen LogP contribution < -0.4 is 21.3 Å². The zero-order valence-corrected chi connectivity index (χ0v) is 25.6. The molecule has 8 nitrogen and oxygen atoms in total. The molecule has 2 aromatic rings. The lowest BCUT2D eigenvalue weighted by Gasteiger charge is -2.56. The van der Waals surface area contributed by atoms with Crippen molar-refractivity contribution in [1.82, 2.24) is 15.2 Å². The largest absolute Gasteiger partial charge is 0.354 e. The lowest BCUT2D eigenvalue weighted by atomic mass is 9.49. The van der Waals surface area contributed by atoms with E-state index < -0.39 is 0 Å². The van der Waals surface area contributed by atoms with Crippen LogP contribution in [0, 0.1) is 30.1 Å². The molecule has 224 valence electrons. The van der Waals surface area contributed by atoms with E-state index in [9.17, 15) is 9.59 Å². The zero-order valence-electron chi connectivity index (χ0n) is 23.9. The Labute approximate surface area is 255 Å². The molecule has 4 aliphatic carbocycles. The molecule has 8 rings (SSSR count). The van der Waals surface area contributed by atoms with Gasteiger partial charge in [-0.25, -0.2) is 9.78 Å². The first-order valence-electron chi connectivity index (χ1n) is 15.1. The predicted octanol–water partition coefficient (Wildman–Crippen LogP) is 5.25. The summed E-state index contributed by atoms with van der Waals surface area (Å²) in [5.41, 5.74) is 9.06. The predicted molar refractivity (Wildman–Crippen MR) is 168 cm³/mol. The number of carbonyl (C=O) groups excluding carboxylic acids is 2. The van der Waals surface area contributed by atoms with Gasteiger partial charge in [0.1, 0.15) is 5.82 Å². The first-order chi connectivity index (χ1) is 18.8. The van der Waals surface area contributed by atoms with E-state index in [0.29, 0.717) is 13.0 Å². The van der Waals surface area contributed by atoms with Gasteiger partial charge in [0.15, 0.2) is 0 Å². The van der Waals surface area contributed by atoms with Crippen molar-refractivity contribution >= 4 is 59.2 Å². The molecule has 2 aliphatic heterocycles. The van der Waals surface area contributed by atoms with Gasteiger partial charge >= 0.3 is 6.03 Å². The quantitative estimate of drug-likeness (QED) is 0.433. The molecule has 1 aromatic heterocycles. The Hall–Kier alpha value is -2.29. The van der Waals surface area contributed by atoms with Gasteiger partial charge in [-0.3, -0.25) is 4.79 Å². The smallest absolute Gasteiger partial charge is 0.317 e. The Bertz CT molecular complexity index is 1270. The van der Waals surface area contributed by atoms with Gasteiger partial charge in [-0.1, -0.05) is 6.07 Å². The number of nitrogens with two attached hydrogens (primary N) is 1. The molecule has 6 fully saturated rings. The molecule has 3 amide bonds. The van der Waals surface area contributed by atoms with E-state index in [1.807, 2.05) is 4.90 Å². The second-order valence-corrected chi connectivity index (χ2v) is 13.5. The van der Waals surface area contributed by atoms with E-state index in [1.165, 1.54) is 38.5 Å². The highest BCUT2D eigenvalue weighted by molar-refractivity contribution is 6.03. The third-order valence-corrected chi connectivity index (χ3v) is 10.4. The number of urea groups is 1. The Morgan fingerprint density at radius 3 is 2.34 bits per heavy atom. The van der Waals surface area contributed by atoms with Crippen molar-refractivity contribution in [3.63, 3.8) is 0 Å². The van der Waals surface area contributed by atoms with Crippen LogP contribution in [-0.4, -0.2) is 60.1 Å². The molecule has 2 atom stereocenters. The van der Waals surface area contributed by atoms with Crippen molar-refractivity contribution in [2.75, 3.05) is 36.4 Å². The summed E-state index contributed by atoms with van der Waals surface area (Å²) in [4.78, 5) is 35.1. The third-order valence-electron chi connectivity index (χ3n) is 10.4. The van der Waals surface area contributed by atoms with Crippen LogP contribution in [0.15, 0.2) is 24.3 Å². The number of nitrogens with one attached hydrogen (secondary N) is 2. The third kappa shape index (κ3) is 5.98. The molecule has 6 aliphatic rings. The van der Waals surface area contributed by atoms with Gasteiger partial charge in [0.25, 0.3) is 0 Å². The molecular formula is C31H44Cl2N6O2. The number of hydrogen-bond donors (Lipinski definition) is 3. The number of fused-ring (bicyclic) bond motifs is 1. The zero-order chi connectivity index (χ0) is 26.7. The number of rotatable bonds is 5. The Balaban J connectivity index is 0.00000169. The van der Waals surface area contributed by atoms with Crippen molar-refractivity contribution in [1.29, 1.82) is 0 Å². The SMILES string of the molecule is Cc1ccc2nc(N3CC[C@H](NC(=O)N4CCC(N)C4)C3)ccc2c1NC(=O)CC12CC3CC(CC(C3)C1)C2.Cl.Cl. The van der Waals surface area contributed by atoms with Crippen LogP contribution in [0.5, 0.6) is 0 Å². The molecule has 0 radical (unpaired) electrons. The number of carbonyl (C=O) groups is 2. The van der Waals surface area contributed by atoms with Crippen LogP contribution in [0.25, 0.3) is 10.9 Å². The summed E-state index contributed by atoms with van der Waals surface area (Å²) in [5.74, 6) is 3.62. The standard InChI is InChI=1S/C31H42N6O2.2ClH/c1-19-2-4-26-25(29(19)35-28(38)16-31-13-20-10-21(14-31)12-22(11-20)15-31)3-5-27(34-26)36-9-7-24(18-36)33-30(39)37-8-6-23(32)17-37;;/h2-5,20-24H,6-18,32H2,1H3,(H,33,39)(H,35,38);2*1H/t20?,21?,22?,23?,24-,31?;;/m0../s1. The summed E-state index contributed by atoms with van der Waals surface area (Å²) >= 11 is 0. The average molecular weight is 604 g/mol. The number of benzene rings is 1. The fraction of sp³-hybridized carbons (Fsp3) is 0.645. The van der Waals surface area contributed by atoms with E-state index >= 15 is 0 Å². The van der Waals surface area contributed by atoms with Crippen LogP contribution in [0.1, 0.15) is 63.4 Å². The van der Waals surface area contributed by atoms with Crippen molar-refractivity contribution in [2.45, 2.75) is 76.8 Å². The molecule has 1 aromatic carbocycles. The summed E-state index contributed by atoms with van der Waals surface area (Å²) in [6, 6.07) is 8.45. The van der Waals surface area contributed by atoms with E-state index in [-0.39, 0.29) is 54.3 Å². The highest BCUT2D eigenvalue weighted by Crippen LogP contribution is 2.61. The lowest BCUT2D eigenvalue weighted by molar-refractivity contribution is -0.124. The molecular weight excluding hydrogens is 559 g/mol. The maximum Gasteiger partial charge on any atom is 0.317 e. The topological polar surface area (TPSA) is 104 Å². The van der Waals surface area contributed by atoms with Crippen LogP contribution >= 0.6 is 24.8 Å². The maximum absolute atomic E-state index is 13.4. The summed E-state index contributed by atoms with van der Waals surface area (Å²) in [5, 5.41) is 7.50. The highest BCUT2D eigenvalue weighted by Gasteiger charge is 2.51. The van der Waals surface area contributed by atoms with Gasteiger partial charge in [0.05, 0.1) is 11.2 Å². The number of nitrogens with zero attached hydrogens (tertiary/aromatic N) is 3. The molecule has 3 heterocycles. The minimum atomic E-state index is -0.00864. The van der Waals surface area contributed by atoms with Gasteiger partial charge in [-0.15, -0.1) is 24.8 Å². The molecule has 0 spiro atoms. The van der Waals surface area contributed by atoms with Crippen molar-refractivity contribution in [3.05, 3.63) is 29.8 Å². The van der Waals surface area contributed by atoms with Crippen LogP contribution in [0.3, 0.4) is 0 Å². The maximum atomic E-state index is 13.4. The van der Waals surface area contributed by atoms with E-state index in [1.54, 1.807) is 0 Å². The molecule has 41 heavy (non-hydrogen) atoms. The fourth-order valence-corrected chi connectivity index (χ4v) is 9.00. The van der Waals surface area contributed by atoms with Gasteiger partial charge in [0.2, 0.25) is 5.91 Å². The number of amides is 3. The molecule has 10 heteroatoms. The Kier molecular flexibility index (Phi) is 8.66. The number of likely N-dealkylation sites (tertiary alicyclic amines) is 1. The minimum absolute atomic E-state index is 0. The van der Waals surface area contributed by atoms with Crippen LogP contribution in [-0.2, 0) is 4.79 Å². The molecule has 2 saturated heterocycles. The van der Waals surface area contributed by atoms with Crippen LogP contribution in [0.2, 0.25) is 0 Å². The van der Waals surface area contributed by atoms with Gasteiger partial charge < -0.3 is 26.2 Å². The van der Waals surface area contributed by atoms with Gasteiger partial charge in [-0.05, 0) is 105 Å². The second-order valence-electron chi connectivity index (χ2n) is 13.5. The van der Waals surface area contributed by atoms with Gasteiger partial charge in [0, 0.05) is 50.1 Å². The molecule has 4 bridgehead atoms. The number of hydrogen-bond acceptors (Lipinski definition) is 5. The number of pyridine rings is 1. The molecule has 1 unspecified atom stereocenters. The summed E-state index contributed by atoms with van der Waals surface area (Å²) in [7, 11) is 0. The minimum Gasteiger partial charge on any atom is -0.354 e. The molecule has 4 saturated carbocycles. The number of aryl methyl sites for hydroxylation is 1. The first kappa shape index (κ1) is 30.2. The van der Waals surface area contributed by atoms with E-state index in [4.69, 9.17) is 10.7 Å². The van der Waals surface area contributed by atoms with Crippen molar-refractivity contribution in [2.24, 2.45) is 28.9 Å². The van der Waals surface area contributed by atoms with Crippen LogP contribution in [0.4, 0.5) is 16.3 Å². The normalized spacial score (nSPS) is 31.6. The lowest BCUT2D eigenvalue weighted by Crippen LogP contribution is -2.47. The summed E-state index contributed by atoms with van der Waals surface area (Å²) in [6.45, 7) is 5.02. The Morgan fingerprint density at radius 2 is 1.68 bits per heavy atom.